The first-order valence-corrected chi connectivity index (χ1v) is 2.35. The van der Waals surface area contributed by atoms with E-state index >= 15 is 0 Å². The van der Waals surface area contributed by atoms with Gasteiger partial charge in [-0.2, -0.15) is 0 Å². The van der Waals surface area contributed by atoms with Gasteiger partial charge in [0.05, 0.1) is 6.10 Å². The quantitative estimate of drug-likeness (QED) is 0.504. The summed E-state index contributed by atoms with van der Waals surface area (Å²) in [7, 11) is 0. The summed E-state index contributed by atoms with van der Waals surface area (Å²) in [5.74, 6) is 2.19. The van der Waals surface area contributed by atoms with Crippen LogP contribution in [0.15, 0.2) is 0 Å². The van der Waals surface area contributed by atoms with Crippen molar-refractivity contribution >= 4 is 0 Å². The van der Waals surface area contributed by atoms with E-state index in [1.165, 1.54) is 0 Å². The van der Waals surface area contributed by atoms with Crippen molar-refractivity contribution < 1.29 is 5.11 Å². The van der Waals surface area contributed by atoms with Crippen LogP contribution in [0.2, 0.25) is 0 Å². The van der Waals surface area contributed by atoms with Crippen molar-refractivity contribution in [1.82, 2.24) is 0 Å². The Morgan fingerprint density at radius 3 is 2.57 bits per heavy atom. The van der Waals surface area contributed by atoms with E-state index in [9.17, 15) is 0 Å². The molecule has 0 aromatic rings. The summed E-state index contributed by atoms with van der Waals surface area (Å²) in [6.07, 6.45) is 7.38. The molecule has 0 aromatic heterocycles. The largest absolute Gasteiger partial charge is 0.393 e. The summed E-state index contributed by atoms with van der Waals surface area (Å²) in [5.41, 5.74) is 0. The van der Waals surface area contributed by atoms with Crippen molar-refractivity contribution in [2.45, 2.75) is 25.9 Å². The molecule has 0 saturated heterocycles. The zero-order valence-electron chi connectivity index (χ0n) is 4.44. The Kier molecular flexibility index (Phi) is 3.45. The Hall–Kier alpha value is -0.480. The fraction of sp³-hybridized carbons (Fsp3) is 0.667. The Balaban J connectivity index is 2.86. The molecular formula is C6H9O. The van der Waals surface area contributed by atoms with Gasteiger partial charge in [0, 0.05) is 6.42 Å². The molecule has 1 radical (unpaired) electrons. The van der Waals surface area contributed by atoms with Crippen LogP contribution >= 0.6 is 0 Å². The van der Waals surface area contributed by atoms with Gasteiger partial charge in [-0.05, 0) is 19.8 Å². The van der Waals surface area contributed by atoms with E-state index in [4.69, 9.17) is 11.5 Å². The third-order valence-electron chi connectivity index (χ3n) is 0.687. The number of hydrogen-bond donors (Lipinski definition) is 1. The molecule has 0 aliphatic carbocycles. The lowest BCUT2D eigenvalue weighted by molar-refractivity contribution is 0.186. The smallest absolute Gasteiger partial charge is 0.0521 e. The number of hydrogen-bond acceptors (Lipinski definition) is 1. The topological polar surface area (TPSA) is 20.2 Å². The van der Waals surface area contributed by atoms with Crippen molar-refractivity contribution in [2.24, 2.45) is 0 Å². The normalized spacial score (nSPS) is 12.7. The van der Waals surface area contributed by atoms with Crippen LogP contribution in [0.3, 0.4) is 0 Å². The minimum atomic E-state index is -0.280. The molecule has 0 bridgehead atoms. The van der Waals surface area contributed by atoms with E-state index in [2.05, 4.69) is 5.92 Å². The van der Waals surface area contributed by atoms with E-state index in [1.54, 1.807) is 6.92 Å². The fourth-order valence-corrected chi connectivity index (χ4v) is 0.281. The van der Waals surface area contributed by atoms with Crippen molar-refractivity contribution in [3.63, 3.8) is 0 Å². The van der Waals surface area contributed by atoms with Crippen LogP contribution in [0.1, 0.15) is 19.8 Å². The monoisotopic (exact) mass is 97.1 g/mol. The van der Waals surface area contributed by atoms with Gasteiger partial charge in [-0.25, -0.2) is 0 Å². The first-order chi connectivity index (χ1) is 3.27. The van der Waals surface area contributed by atoms with Crippen LogP contribution in [0, 0.1) is 12.3 Å². The fourth-order valence-electron chi connectivity index (χ4n) is 0.281. The molecule has 7 heavy (non-hydrogen) atoms. The summed E-state index contributed by atoms with van der Waals surface area (Å²) in [5, 5.41) is 8.56. The second-order valence-corrected chi connectivity index (χ2v) is 1.56. The highest BCUT2D eigenvalue weighted by molar-refractivity contribution is 4.75. The van der Waals surface area contributed by atoms with Gasteiger partial charge in [0.2, 0.25) is 0 Å². The Labute approximate surface area is 44.4 Å². The average molecular weight is 97.1 g/mol. The van der Waals surface area contributed by atoms with Crippen LogP contribution in [0.4, 0.5) is 0 Å². The maximum atomic E-state index is 8.56. The van der Waals surface area contributed by atoms with Crippen molar-refractivity contribution in [3.05, 3.63) is 6.42 Å². The zero-order valence-corrected chi connectivity index (χ0v) is 4.44. The zero-order chi connectivity index (χ0) is 5.70. The second-order valence-electron chi connectivity index (χ2n) is 1.56. The molecule has 1 heteroatoms. The number of aliphatic hydroxyl groups excluding tert-OH is 1. The highest BCUT2D eigenvalue weighted by Gasteiger charge is 1.89. The molecule has 0 fully saturated rings. The molecular weight excluding hydrogens is 88.1 g/mol. The van der Waals surface area contributed by atoms with Gasteiger partial charge >= 0.3 is 0 Å². The molecule has 1 N–H and O–H groups in total. The van der Waals surface area contributed by atoms with Gasteiger partial charge in [0.1, 0.15) is 0 Å². The highest BCUT2D eigenvalue weighted by atomic mass is 16.3. The average Bonchev–Trinajstić information content (AvgIpc) is 1.61. The van der Waals surface area contributed by atoms with Crippen molar-refractivity contribution in [1.29, 1.82) is 0 Å². The van der Waals surface area contributed by atoms with E-state index in [1.807, 2.05) is 0 Å². The molecule has 0 aliphatic rings. The van der Waals surface area contributed by atoms with Gasteiger partial charge in [0.25, 0.3) is 0 Å². The maximum Gasteiger partial charge on any atom is 0.0521 e. The molecule has 0 heterocycles. The number of rotatable bonds is 2. The molecule has 39 valence electrons. The van der Waals surface area contributed by atoms with Gasteiger partial charge in [-0.3, -0.25) is 0 Å². The molecule has 0 rings (SSSR count). The van der Waals surface area contributed by atoms with Gasteiger partial charge < -0.3 is 5.11 Å². The van der Waals surface area contributed by atoms with Gasteiger partial charge in [-0.1, -0.05) is 5.92 Å². The molecule has 1 nitrogen and oxygen atoms in total. The Bertz CT molecular complexity index is 68.7. The molecule has 1 unspecified atom stereocenters. The van der Waals surface area contributed by atoms with Crippen LogP contribution in [-0.2, 0) is 0 Å². The minimum absolute atomic E-state index is 0.280. The SMILES string of the molecule is [C]#CCCC(C)O. The first kappa shape index (κ1) is 6.52. The lowest BCUT2D eigenvalue weighted by Crippen LogP contribution is -1.96. The van der Waals surface area contributed by atoms with Crippen LogP contribution in [0.5, 0.6) is 0 Å². The van der Waals surface area contributed by atoms with E-state index < -0.39 is 0 Å². The summed E-state index contributed by atoms with van der Waals surface area (Å²) >= 11 is 0. The molecule has 0 amide bonds. The van der Waals surface area contributed by atoms with E-state index in [0.29, 0.717) is 12.8 Å². The standard InChI is InChI=1S/C6H9O/c1-3-4-5-6(2)7/h6-7H,4-5H2,2H3. The molecule has 1 atom stereocenters. The summed E-state index contributed by atoms with van der Waals surface area (Å²) < 4.78 is 0. The van der Waals surface area contributed by atoms with Crippen LogP contribution < -0.4 is 0 Å². The molecule has 0 spiro atoms. The van der Waals surface area contributed by atoms with E-state index in [-0.39, 0.29) is 6.10 Å². The first-order valence-electron chi connectivity index (χ1n) is 2.35. The maximum absolute atomic E-state index is 8.56. The minimum Gasteiger partial charge on any atom is -0.393 e. The van der Waals surface area contributed by atoms with Crippen LogP contribution in [0.25, 0.3) is 0 Å². The molecule has 0 saturated carbocycles. The predicted octanol–water partition coefficient (Wildman–Crippen LogP) is 0.737. The Morgan fingerprint density at radius 2 is 2.43 bits per heavy atom. The van der Waals surface area contributed by atoms with E-state index in [0.717, 1.165) is 0 Å². The van der Waals surface area contributed by atoms with Crippen molar-refractivity contribution in [3.8, 4) is 5.92 Å². The second kappa shape index (κ2) is 3.70. The van der Waals surface area contributed by atoms with Crippen molar-refractivity contribution in [2.75, 3.05) is 0 Å². The molecule has 0 aliphatic heterocycles. The lowest BCUT2D eigenvalue weighted by Gasteiger charge is -1.95. The summed E-state index contributed by atoms with van der Waals surface area (Å²) in [6.45, 7) is 1.71. The summed E-state index contributed by atoms with van der Waals surface area (Å²) in [4.78, 5) is 0. The molecule has 0 aromatic carbocycles. The predicted molar refractivity (Wildman–Crippen MR) is 28.0 cm³/mol. The third kappa shape index (κ3) is 5.52. The highest BCUT2D eigenvalue weighted by Crippen LogP contribution is 1.91. The third-order valence-corrected chi connectivity index (χ3v) is 0.687. The number of aliphatic hydroxyl groups is 1. The lowest BCUT2D eigenvalue weighted by atomic mass is 10.2. The van der Waals surface area contributed by atoms with Gasteiger partial charge in [-0.15, -0.1) is 0 Å². The van der Waals surface area contributed by atoms with Crippen LogP contribution in [-0.4, -0.2) is 11.2 Å². The summed E-state index contributed by atoms with van der Waals surface area (Å²) in [6, 6.07) is 0. The Morgan fingerprint density at radius 1 is 1.86 bits per heavy atom. The van der Waals surface area contributed by atoms with Gasteiger partial charge in [0.15, 0.2) is 0 Å².